The molecule has 0 bridgehead atoms. The van der Waals surface area contributed by atoms with Gasteiger partial charge in [0, 0.05) is 18.1 Å². The van der Waals surface area contributed by atoms with Crippen molar-refractivity contribution in [2.75, 3.05) is 0 Å². The first-order valence-electron chi connectivity index (χ1n) is 7.53. The molecule has 2 fully saturated rings. The molecule has 2 aliphatic carbocycles. The van der Waals surface area contributed by atoms with Crippen LogP contribution in [0, 0.1) is 5.92 Å². The molecule has 3 N–H and O–H groups in total. The van der Waals surface area contributed by atoms with Gasteiger partial charge in [0.2, 0.25) is 0 Å². The van der Waals surface area contributed by atoms with Gasteiger partial charge >= 0.3 is 0 Å². The lowest BCUT2D eigenvalue weighted by Crippen LogP contribution is -2.49. The van der Waals surface area contributed by atoms with E-state index < -0.39 is 0 Å². The van der Waals surface area contributed by atoms with Gasteiger partial charge in [0.05, 0.1) is 0 Å². The van der Waals surface area contributed by atoms with Crippen molar-refractivity contribution in [2.24, 2.45) is 11.7 Å². The third-order valence-corrected chi connectivity index (χ3v) is 4.45. The maximum Gasteiger partial charge on any atom is 0.0142 e. The van der Waals surface area contributed by atoms with Crippen molar-refractivity contribution in [3.63, 3.8) is 0 Å². The van der Waals surface area contributed by atoms with E-state index in [-0.39, 0.29) is 0 Å². The van der Waals surface area contributed by atoms with Crippen molar-refractivity contribution in [3.05, 3.63) is 41.5 Å². The van der Waals surface area contributed by atoms with Gasteiger partial charge in [-0.2, -0.15) is 0 Å². The fraction of sp³-hybridized carbons (Fsp3) is 0.529. The zero-order valence-electron chi connectivity index (χ0n) is 11.7. The molecule has 0 saturated heterocycles. The topological polar surface area (TPSA) is 38.0 Å². The van der Waals surface area contributed by atoms with Gasteiger partial charge in [-0.25, -0.2) is 0 Å². The summed E-state index contributed by atoms with van der Waals surface area (Å²) in [6.07, 6.45) is 7.15. The van der Waals surface area contributed by atoms with Crippen molar-refractivity contribution < 1.29 is 0 Å². The summed E-state index contributed by atoms with van der Waals surface area (Å²) in [6.45, 7) is 2.27. The highest BCUT2D eigenvalue weighted by molar-refractivity contribution is 5.54. The molecule has 1 aromatic rings. The first kappa shape index (κ1) is 12.9. The largest absolute Gasteiger partial charge is 0.328 e. The van der Waals surface area contributed by atoms with Crippen molar-refractivity contribution in [1.82, 2.24) is 5.32 Å². The fourth-order valence-electron chi connectivity index (χ4n) is 3.12. The van der Waals surface area contributed by atoms with E-state index in [1.54, 1.807) is 5.57 Å². The van der Waals surface area contributed by atoms with Gasteiger partial charge in [0.25, 0.3) is 0 Å². The molecule has 0 aliphatic heterocycles. The van der Waals surface area contributed by atoms with E-state index in [0.29, 0.717) is 18.1 Å². The monoisotopic (exact) mass is 256 g/mol. The van der Waals surface area contributed by atoms with E-state index in [9.17, 15) is 0 Å². The molecule has 0 radical (unpaired) electrons. The minimum absolute atomic E-state index is 0.445. The van der Waals surface area contributed by atoms with Crippen LogP contribution >= 0.6 is 0 Å². The summed E-state index contributed by atoms with van der Waals surface area (Å²) in [5.41, 5.74) is 8.76. The van der Waals surface area contributed by atoms with Gasteiger partial charge in [-0.05, 0) is 37.2 Å². The molecule has 1 aromatic carbocycles. The summed E-state index contributed by atoms with van der Waals surface area (Å²) in [4.78, 5) is 0. The molecular formula is C17H24N2. The van der Waals surface area contributed by atoms with Gasteiger partial charge < -0.3 is 11.1 Å². The van der Waals surface area contributed by atoms with E-state index in [4.69, 9.17) is 5.73 Å². The molecule has 19 heavy (non-hydrogen) atoms. The van der Waals surface area contributed by atoms with E-state index in [2.05, 4.69) is 48.6 Å². The second kappa shape index (κ2) is 5.48. The highest BCUT2D eigenvalue weighted by Gasteiger charge is 2.41. The number of hydrogen-bond acceptors (Lipinski definition) is 2. The standard InChI is InChI=1S/C17H24N2/c1-2-13(8-12-6-4-3-5-7-12)16-11-17(16)19-15-9-14(18)10-15/h3-8,14-17,19H,2,9-11,18H2,1H3/b13-8+/t14?,15?,16-,17+/m0/s1. The second-order valence-electron chi connectivity index (χ2n) is 6.03. The molecule has 2 aliphatic rings. The van der Waals surface area contributed by atoms with Crippen LogP contribution in [0.1, 0.15) is 38.2 Å². The molecule has 2 heteroatoms. The molecule has 0 amide bonds. The van der Waals surface area contributed by atoms with E-state index in [0.717, 1.165) is 25.2 Å². The molecule has 0 unspecified atom stereocenters. The summed E-state index contributed by atoms with van der Waals surface area (Å²) in [6, 6.07) is 12.5. The smallest absolute Gasteiger partial charge is 0.0142 e. The Morgan fingerprint density at radius 1 is 1.26 bits per heavy atom. The lowest BCUT2D eigenvalue weighted by molar-refractivity contribution is 0.287. The lowest BCUT2D eigenvalue weighted by atomic mass is 9.87. The van der Waals surface area contributed by atoms with Gasteiger partial charge in [0.1, 0.15) is 0 Å². The Balaban J connectivity index is 1.57. The van der Waals surface area contributed by atoms with Crippen LogP contribution in [-0.2, 0) is 0 Å². The van der Waals surface area contributed by atoms with Gasteiger partial charge in [-0.15, -0.1) is 0 Å². The average Bonchev–Trinajstić information content (AvgIpc) is 3.15. The predicted octanol–water partition coefficient (Wildman–Crippen LogP) is 2.95. The molecular weight excluding hydrogens is 232 g/mol. The Morgan fingerprint density at radius 3 is 2.63 bits per heavy atom. The van der Waals surface area contributed by atoms with Crippen molar-refractivity contribution in [1.29, 1.82) is 0 Å². The van der Waals surface area contributed by atoms with Crippen LogP contribution in [0.2, 0.25) is 0 Å². The van der Waals surface area contributed by atoms with Crippen molar-refractivity contribution >= 4 is 6.08 Å². The first-order valence-corrected chi connectivity index (χ1v) is 7.53. The Bertz CT molecular complexity index is 446. The molecule has 2 atom stereocenters. The van der Waals surface area contributed by atoms with Crippen LogP contribution in [-0.4, -0.2) is 18.1 Å². The summed E-state index contributed by atoms with van der Waals surface area (Å²) >= 11 is 0. The zero-order valence-corrected chi connectivity index (χ0v) is 11.7. The molecule has 102 valence electrons. The minimum atomic E-state index is 0.445. The predicted molar refractivity (Wildman–Crippen MR) is 80.7 cm³/mol. The summed E-state index contributed by atoms with van der Waals surface area (Å²) in [7, 11) is 0. The fourth-order valence-corrected chi connectivity index (χ4v) is 3.12. The number of rotatable bonds is 5. The van der Waals surface area contributed by atoms with E-state index in [1.807, 2.05) is 0 Å². The van der Waals surface area contributed by atoms with E-state index in [1.165, 1.54) is 12.0 Å². The molecule has 2 nitrogen and oxygen atoms in total. The van der Waals surface area contributed by atoms with Crippen LogP contribution in [0.3, 0.4) is 0 Å². The third kappa shape index (κ3) is 3.07. The average molecular weight is 256 g/mol. The number of benzene rings is 1. The molecule has 0 heterocycles. The molecule has 3 rings (SSSR count). The summed E-state index contributed by atoms with van der Waals surface area (Å²) < 4.78 is 0. The third-order valence-electron chi connectivity index (χ3n) is 4.45. The van der Waals surface area contributed by atoms with Crippen molar-refractivity contribution in [2.45, 2.75) is 50.7 Å². The normalized spacial score (nSPS) is 33.9. The van der Waals surface area contributed by atoms with Gasteiger partial charge in [0.15, 0.2) is 0 Å². The highest BCUT2D eigenvalue weighted by atomic mass is 15.0. The minimum Gasteiger partial charge on any atom is -0.328 e. The number of nitrogens with two attached hydrogens (primary N) is 1. The first-order chi connectivity index (χ1) is 9.26. The lowest BCUT2D eigenvalue weighted by Gasteiger charge is -2.33. The highest BCUT2D eigenvalue weighted by Crippen LogP contribution is 2.41. The molecule has 2 saturated carbocycles. The quantitative estimate of drug-likeness (QED) is 0.850. The number of nitrogens with one attached hydrogen (secondary N) is 1. The second-order valence-corrected chi connectivity index (χ2v) is 6.03. The van der Waals surface area contributed by atoms with Crippen LogP contribution in [0.5, 0.6) is 0 Å². The molecule has 0 spiro atoms. The summed E-state index contributed by atoms with van der Waals surface area (Å²) in [5.74, 6) is 0.752. The van der Waals surface area contributed by atoms with Crippen LogP contribution in [0.25, 0.3) is 6.08 Å². The maximum absolute atomic E-state index is 5.84. The Morgan fingerprint density at radius 2 is 2.00 bits per heavy atom. The summed E-state index contributed by atoms with van der Waals surface area (Å²) in [5, 5.41) is 3.75. The Hall–Kier alpha value is -1.12. The van der Waals surface area contributed by atoms with Crippen LogP contribution in [0.15, 0.2) is 35.9 Å². The van der Waals surface area contributed by atoms with E-state index >= 15 is 0 Å². The Labute approximate surface area is 116 Å². The Kier molecular flexibility index (Phi) is 3.72. The van der Waals surface area contributed by atoms with Crippen LogP contribution < -0.4 is 11.1 Å². The number of hydrogen-bond donors (Lipinski definition) is 2. The zero-order chi connectivity index (χ0) is 13.2. The molecule has 0 aromatic heterocycles. The van der Waals surface area contributed by atoms with Crippen LogP contribution in [0.4, 0.5) is 0 Å². The maximum atomic E-state index is 5.84. The SMILES string of the molecule is CC/C(=C\c1ccccc1)[C@@H]1C[C@H]1NC1CC(N)C1. The van der Waals surface area contributed by atoms with Gasteiger partial charge in [-0.3, -0.25) is 0 Å². The van der Waals surface area contributed by atoms with Crippen molar-refractivity contribution in [3.8, 4) is 0 Å². The van der Waals surface area contributed by atoms with Gasteiger partial charge in [-0.1, -0.05) is 48.9 Å².